The standard InChI is InChI=1S/C19H19N3O4S/c1-26-19(23)14-6-9-16-17(12-14)21-18(20-16)13-4-7-15(8-5-13)27(24,25)22-10-2-3-11-22/h4-9,12H,2-3,10-11H2,1H3,(H,20,21). The van der Waals surface area contributed by atoms with Crippen molar-refractivity contribution in [1.82, 2.24) is 14.3 Å². The van der Waals surface area contributed by atoms with Gasteiger partial charge < -0.3 is 9.72 Å². The topological polar surface area (TPSA) is 92.4 Å². The number of carbonyl (C=O) groups excluding carboxylic acids is 1. The molecule has 4 rings (SSSR count). The van der Waals surface area contributed by atoms with Gasteiger partial charge in [-0.05, 0) is 55.3 Å². The zero-order chi connectivity index (χ0) is 19.0. The van der Waals surface area contributed by atoms with Crippen molar-refractivity contribution in [3.05, 3.63) is 48.0 Å². The molecule has 0 aliphatic carbocycles. The molecule has 3 aromatic rings. The van der Waals surface area contributed by atoms with Crippen molar-refractivity contribution < 1.29 is 17.9 Å². The third-order valence-electron chi connectivity index (χ3n) is 4.73. The maximum absolute atomic E-state index is 12.6. The Morgan fingerprint density at radius 3 is 2.48 bits per heavy atom. The average Bonchev–Trinajstić information content (AvgIpc) is 3.37. The number of hydrogen-bond acceptors (Lipinski definition) is 5. The lowest BCUT2D eigenvalue weighted by Gasteiger charge is -2.15. The largest absolute Gasteiger partial charge is 0.465 e. The minimum absolute atomic E-state index is 0.289. The van der Waals surface area contributed by atoms with E-state index < -0.39 is 16.0 Å². The second kappa shape index (κ2) is 6.79. The summed E-state index contributed by atoms with van der Waals surface area (Å²) in [6, 6.07) is 11.8. The fraction of sp³-hybridized carbons (Fsp3) is 0.263. The lowest BCUT2D eigenvalue weighted by molar-refractivity contribution is 0.0601. The van der Waals surface area contributed by atoms with Crippen LogP contribution >= 0.6 is 0 Å². The minimum Gasteiger partial charge on any atom is -0.465 e. The van der Waals surface area contributed by atoms with Crippen LogP contribution in [0.3, 0.4) is 0 Å². The van der Waals surface area contributed by atoms with Crippen LogP contribution in [0.5, 0.6) is 0 Å². The molecule has 0 saturated carbocycles. The van der Waals surface area contributed by atoms with Crippen molar-refractivity contribution in [3.8, 4) is 11.4 Å². The van der Waals surface area contributed by atoms with E-state index in [0.29, 0.717) is 35.5 Å². The summed E-state index contributed by atoms with van der Waals surface area (Å²) in [5.41, 5.74) is 2.63. The van der Waals surface area contributed by atoms with E-state index >= 15 is 0 Å². The van der Waals surface area contributed by atoms with Crippen LogP contribution in [-0.4, -0.2) is 48.9 Å². The first kappa shape index (κ1) is 17.7. The minimum atomic E-state index is -3.43. The van der Waals surface area contributed by atoms with Crippen molar-refractivity contribution >= 4 is 27.0 Å². The van der Waals surface area contributed by atoms with Gasteiger partial charge in [-0.2, -0.15) is 4.31 Å². The van der Waals surface area contributed by atoms with E-state index in [-0.39, 0.29) is 4.90 Å². The molecule has 0 bridgehead atoms. The number of H-pyrrole nitrogens is 1. The summed E-state index contributed by atoms with van der Waals surface area (Å²) in [5.74, 6) is 0.196. The average molecular weight is 385 g/mol. The molecule has 0 amide bonds. The van der Waals surface area contributed by atoms with Crippen molar-refractivity contribution in [2.75, 3.05) is 20.2 Å². The predicted octanol–water partition coefficient (Wildman–Crippen LogP) is 2.80. The van der Waals surface area contributed by atoms with Crippen molar-refractivity contribution in [2.45, 2.75) is 17.7 Å². The van der Waals surface area contributed by atoms with E-state index in [0.717, 1.165) is 18.4 Å². The van der Waals surface area contributed by atoms with E-state index in [1.165, 1.54) is 11.4 Å². The van der Waals surface area contributed by atoms with Gasteiger partial charge in [-0.1, -0.05) is 0 Å². The molecule has 1 N–H and O–H groups in total. The highest BCUT2D eigenvalue weighted by molar-refractivity contribution is 7.89. The zero-order valence-corrected chi connectivity index (χ0v) is 15.6. The Labute approximate surface area is 157 Å². The number of ether oxygens (including phenoxy) is 1. The van der Waals surface area contributed by atoms with Crippen LogP contribution in [0.4, 0.5) is 0 Å². The molecular formula is C19H19N3O4S. The number of nitrogens with zero attached hydrogens (tertiary/aromatic N) is 2. The van der Waals surface area contributed by atoms with Gasteiger partial charge in [-0.3, -0.25) is 0 Å². The van der Waals surface area contributed by atoms with Gasteiger partial charge in [0.2, 0.25) is 10.0 Å². The van der Waals surface area contributed by atoms with Gasteiger partial charge in [0.15, 0.2) is 0 Å². The number of methoxy groups -OCH3 is 1. The molecule has 1 aliphatic heterocycles. The van der Waals surface area contributed by atoms with Crippen LogP contribution in [-0.2, 0) is 14.8 Å². The number of rotatable bonds is 4. The van der Waals surface area contributed by atoms with Crippen molar-refractivity contribution in [1.29, 1.82) is 0 Å². The normalized spacial score (nSPS) is 15.3. The molecule has 1 saturated heterocycles. The van der Waals surface area contributed by atoms with Gasteiger partial charge in [0.1, 0.15) is 5.82 Å². The van der Waals surface area contributed by atoms with E-state index in [9.17, 15) is 13.2 Å². The molecule has 0 radical (unpaired) electrons. The van der Waals surface area contributed by atoms with Crippen LogP contribution in [0.25, 0.3) is 22.4 Å². The molecule has 8 heteroatoms. The molecule has 1 fully saturated rings. The zero-order valence-electron chi connectivity index (χ0n) is 14.8. The number of aromatic amines is 1. The van der Waals surface area contributed by atoms with Gasteiger partial charge in [-0.25, -0.2) is 18.2 Å². The first-order valence-corrected chi connectivity index (χ1v) is 10.1. The van der Waals surface area contributed by atoms with E-state index in [4.69, 9.17) is 4.74 Å². The van der Waals surface area contributed by atoms with Gasteiger partial charge in [-0.15, -0.1) is 0 Å². The molecule has 2 aromatic carbocycles. The summed E-state index contributed by atoms with van der Waals surface area (Å²) in [6.07, 6.45) is 1.81. The molecule has 7 nitrogen and oxygen atoms in total. The number of carbonyl (C=O) groups is 1. The van der Waals surface area contributed by atoms with Crippen molar-refractivity contribution in [3.63, 3.8) is 0 Å². The van der Waals surface area contributed by atoms with Gasteiger partial charge in [0, 0.05) is 18.7 Å². The maximum Gasteiger partial charge on any atom is 0.337 e. The summed E-state index contributed by atoms with van der Waals surface area (Å²) in [6.45, 7) is 1.16. The molecule has 2 heterocycles. The summed E-state index contributed by atoms with van der Waals surface area (Å²) in [7, 11) is -2.09. The number of fused-ring (bicyclic) bond motifs is 1. The third kappa shape index (κ3) is 3.22. The number of aromatic nitrogens is 2. The van der Waals surface area contributed by atoms with E-state index in [1.54, 1.807) is 42.5 Å². The number of hydrogen-bond donors (Lipinski definition) is 1. The molecule has 1 aromatic heterocycles. The SMILES string of the molecule is COC(=O)c1ccc2nc(-c3ccc(S(=O)(=O)N4CCCC4)cc3)[nH]c2c1. The quantitative estimate of drug-likeness (QED) is 0.697. The highest BCUT2D eigenvalue weighted by Gasteiger charge is 2.27. The number of nitrogens with one attached hydrogen (secondary N) is 1. The summed E-state index contributed by atoms with van der Waals surface area (Å²) < 4.78 is 31.5. The second-order valence-corrected chi connectivity index (χ2v) is 8.38. The van der Waals surface area contributed by atoms with Crippen LogP contribution in [0.1, 0.15) is 23.2 Å². The highest BCUT2D eigenvalue weighted by atomic mass is 32.2. The Morgan fingerprint density at radius 1 is 1.11 bits per heavy atom. The number of esters is 1. The van der Waals surface area contributed by atoms with Crippen LogP contribution < -0.4 is 0 Å². The smallest absolute Gasteiger partial charge is 0.337 e. The van der Waals surface area contributed by atoms with Crippen LogP contribution in [0.2, 0.25) is 0 Å². The Balaban J connectivity index is 1.64. The molecule has 140 valence electrons. The first-order valence-electron chi connectivity index (χ1n) is 8.68. The summed E-state index contributed by atoms with van der Waals surface area (Å²) in [5, 5.41) is 0. The second-order valence-electron chi connectivity index (χ2n) is 6.44. The van der Waals surface area contributed by atoms with Gasteiger partial charge in [0.25, 0.3) is 0 Å². The van der Waals surface area contributed by atoms with Gasteiger partial charge >= 0.3 is 5.97 Å². The maximum atomic E-state index is 12.6. The monoisotopic (exact) mass is 385 g/mol. The fourth-order valence-corrected chi connectivity index (χ4v) is 4.77. The predicted molar refractivity (Wildman–Crippen MR) is 101 cm³/mol. The van der Waals surface area contributed by atoms with Crippen LogP contribution in [0.15, 0.2) is 47.4 Å². The number of sulfonamides is 1. The number of benzene rings is 2. The lowest BCUT2D eigenvalue weighted by Crippen LogP contribution is -2.27. The lowest BCUT2D eigenvalue weighted by atomic mass is 10.2. The Bertz CT molecular complexity index is 1100. The van der Waals surface area contributed by atoms with E-state index in [1.807, 2.05) is 0 Å². The Morgan fingerprint density at radius 2 is 1.81 bits per heavy atom. The number of imidazole rings is 1. The Kier molecular flexibility index (Phi) is 4.45. The molecule has 0 atom stereocenters. The van der Waals surface area contributed by atoms with Gasteiger partial charge in [0.05, 0.1) is 28.6 Å². The van der Waals surface area contributed by atoms with Crippen molar-refractivity contribution in [2.24, 2.45) is 0 Å². The molecule has 0 unspecified atom stereocenters. The molecular weight excluding hydrogens is 366 g/mol. The summed E-state index contributed by atoms with van der Waals surface area (Å²) in [4.78, 5) is 19.6. The highest BCUT2D eigenvalue weighted by Crippen LogP contribution is 2.25. The first-order chi connectivity index (χ1) is 13.0. The fourth-order valence-electron chi connectivity index (χ4n) is 3.25. The van der Waals surface area contributed by atoms with E-state index in [2.05, 4.69) is 9.97 Å². The molecule has 0 spiro atoms. The van der Waals surface area contributed by atoms with Crippen LogP contribution in [0, 0.1) is 0 Å². The Hall–Kier alpha value is -2.71. The molecule has 1 aliphatic rings. The summed E-state index contributed by atoms with van der Waals surface area (Å²) >= 11 is 0. The third-order valence-corrected chi connectivity index (χ3v) is 6.65. The molecule has 27 heavy (non-hydrogen) atoms.